The lowest BCUT2D eigenvalue weighted by molar-refractivity contribution is -0.122. The number of amides is 2. The number of hydrogen-bond donors (Lipinski definition) is 3. The molecule has 0 aliphatic carbocycles. The Bertz CT molecular complexity index is 861. The summed E-state index contributed by atoms with van der Waals surface area (Å²) in [5.41, 5.74) is 0.218. The van der Waals surface area contributed by atoms with Gasteiger partial charge in [0.2, 0.25) is 11.8 Å². The molecule has 0 atom stereocenters. The highest BCUT2D eigenvalue weighted by Crippen LogP contribution is 2.39. The largest absolute Gasteiger partial charge is 0.356 e. The van der Waals surface area contributed by atoms with Crippen molar-refractivity contribution in [1.82, 2.24) is 20.9 Å². The van der Waals surface area contributed by atoms with Crippen molar-refractivity contribution in [2.75, 3.05) is 32.7 Å². The highest BCUT2D eigenvalue weighted by Gasteiger charge is 2.41. The fraction of sp³-hybridized carbons (Fsp3) is 0.956. The van der Waals surface area contributed by atoms with Gasteiger partial charge in [-0.15, -0.1) is 0 Å². The molecular formula is C45H92N4O2. The van der Waals surface area contributed by atoms with Crippen molar-refractivity contribution >= 4 is 11.8 Å². The smallest absolute Gasteiger partial charge is 0.220 e. The average Bonchev–Trinajstić information content (AvgIpc) is 3.03. The molecule has 0 unspecified atom stereocenters. The average molecular weight is 721 g/mol. The van der Waals surface area contributed by atoms with E-state index in [4.69, 9.17) is 0 Å². The number of nitrogens with zero attached hydrogens (tertiary/aromatic N) is 1. The van der Waals surface area contributed by atoms with Crippen LogP contribution in [0.15, 0.2) is 0 Å². The maximum absolute atomic E-state index is 12.7. The first-order chi connectivity index (χ1) is 24.0. The van der Waals surface area contributed by atoms with Crippen LogP contribution in [-0.2, 0) is 9.59 Å². The van der Waals surface area contributed by atoms with Crippen LogP contribution in [0.2, 0.25) is 0 Å². The summed E-state index contributed by atoms with van der Waals surface area (Å²) in [6.45, 7) is 29.8. The molecule has 0 aliphatic heterocycles. The van der Waals surface area contributed by atoms with Gasteiger partial charge in [-0.25, -0.2) is 0 Å². The second kappa shape index (κ2) is 28.3. The van der Waals surface area contributed by atoms with Crippen LogP contribution in [0.4, 0.5) is 0 Å². The summed E-state index contributed by atoms with van der Waals surface area (Å²) in [6.07, 6.45) is 27.4. The Morgan fingerprint density at radius 3 is 1.31 bits per heavy atom. The van der Waals surface area contributed by atoms with Crippen molar-refractivity contribution in [2.24, 2.45) is 10.8 Å². The molecule has 0 fully saturated rings. The first-order valence-corrected chi connectivity index (χ1v) is 22.0. The minimum absolute atomic E-state index is 0.0455. The summed E-state index contributed by atoms with van der Waals surface area (Å²) in [7, 11) is 0. The van der Waals surface area contributed by atoms with Crippen LogP contribution in [0.1, 0.15) is 224 Å². The Hall–Kier alpha value is -1.14. The molecule has 6 nitrogen and oxygen atoms in total. The van der Waals surface area contributed by atoms with Crippen molar-refractivity contribution in [3.05, 3.63) is 0 Å². The molecule has 0 rings (SSSR count). The van der Waals surface area contributed by atoms with Crippen LogP contribution in [-0.4, -0.2) is 60.5 Å². The molecule has 0 saturated heterocycles. The van der Waals surface area contributed by atoms with E-state index in [9.17, 15) is 9.59 Å². The van der Waals surface area contributed by atoms with Gasteiger partial charge in [-0.3, -0.25) is 14.5 Å². The van der Waals surface area contributed by atoms with Crippen LogP contribution in [0.5, 0.6) is 0 Å². The van der Waals surface area contributed by atoms with E-state index in [0.717, 1.165) is 58.3 Å². The molecule has 0 radical (unpaired) electrons. The molecule has 6 heteroatoms. The zero-order valence-corrected chi connectivity index (χ0v) is 36.6. The SMILES string of the molecule is CCCCCCCCCCCC(=O)NCCN(CCC(C)(C)C)C(C)(C)C(C)(C)CCNC(C)(C)CCNC(=O)CCCCCCCCCCC. The van der Waals surface area contributed by atoms with Crippen molar-refractivity contribution in [3.8, 4) is 0 Å². The Morgan fingerprint density at radius 1 is 0.471 bits per heavy atom. The van der Waals surface area contributed by atoms with Gasteiger partial charge in [0.15, 0.2) is 0 Å². The summed E-state index contributed by atoms with van der Waals surface area (Å²) < 4.78 is 0. The highest BCUT2D eigenvalue weighted by atomic mass is 16.2. The van der Waals surface area contributed by atoms with E-state index >= 15 is 0 Å². The first-order valence-electron chi connectivity index (χ1n) is 22.0. The van der Waals surface area contributed by atoms with E-state index < -0.39 is 0 Å². The molecule has 0 heterocycles. The molecule has 0 spiro atoms. The number of carbonyl (C=O) groups is 2. The van der Waals surface area contributed by atoms with Crippen LogP contribution in [0.3, 0.4) is 0 Å². The minimum Gasteiger partial charge on any atom is -0.356 e. The molecule has 304 valence electrons. The van der Waals surface area contributed by atoms with Gasteiger partial charge in [0.1, 0.15) is 0 Å². The Morgan fingerprint density at radius 2 is 0.882 bits per heavy atom. The van der Waals surface area contributed by atoms with Gasteiger partial charge in [0.25, 0.3) is 0 Å². The number of nitrogens with one attached hydrogen (secondary N) is 3. The standard InChI is InChI=1S/C45H92N4O2/c1-12-14-16-18-20-22-24-26-28-30-40(50)46-35-33-44(8,9)48-36-32-43(6,7)45(10,11)49(38-34-42(3,4)5)39-37-47-41(51)31-29-27-25-23-21-19-17-15-13-2/h48H,12-39H2,1-11H3,(H,46,50)(H,47,51). The Kier molecular flexibility index (Phi) is 27.7. The van der Waals surface area contributed by atoms with E-state index in [1.54, 1.807) is 0 Å². The van der Waals surface area contributed by atoms with Crippen LogP contribution < -0.4 is 16.0 Å². The second-order valence-corrected chi connectivity index (χ2v) is 18.9. The van der Waals surface area contributed by atoms with E-state index in [1.807, 2.05) is 0 Å². The summed E-state index contributed by atoms with van der Waals surface area (Å²) >= 11 is 0. The molecule has 0 aliphatic rings. The molecule has 0 aromatic rings. The van der Waals surface area contributed by atoms with Gasteiger partial charge < -0.3 is 16.0 Å². The molecule has 0 aromatic carbocycles. The van der Waals surface area contributed by atoms with Gasteiger partial charge >= 0.3 is 0 Å². The van der Waals surface area contributed by atoms with Crippen LogP contribution in [0.25, 0.3) is 0 Å². The summed E-state index contributed by atoms with van der Waals surface area (Å²) in [4.78, 5) is 27.8. The lowest BCUT2D eigenvalue weighted by atomic mass is 9.70. The van der Waals surface area contributed by atoms with Crippen molar-refractivity contribution in [1.29, 1.82) is 0 Å². The third-order valence-corrected chi connectivity index (χ3v) is 11.7. The number of unbranched alkanes of at least 4 members (excludes halogenated alkanes) is 16. The fourth-order valence-electron chi connectivity index (χ4n) is 6.89. The summed E-state index contributed by atoms with van der Waals surface area (Å²) in [5, 5.41) is 10.2. The van der Waals surface area contributed by atoms with Crippen molar-refractivity contribution in [2.45, 2.75) is 235 Å². The third-order valence-electron chi connectivity index (χ3n) is 11.7. The van der Waals surface area contributed by atoms with Crippen molar-refractivity contribution < 1.29 is 9.59 Å². The number of rotatable bonds is 34. The topological polar surface area (TPSA) is 73.5 Å². The first kappa shape index (κ1) is 49.9. The van der Waals surface area contributed by atoms with Gasteiger partial charge in [0.05, 0.1) is 0 Å². The maximum atomic E-state index is 12.7. The van der Waals surface area contributed by atoms with Crippen LogP contribution in [0, 0.1) is 10.8 Å². The molecule has 51 heavy (non-hydrogen) atoms. The molecule has 3 N–H and O–H groups in total. The molecule has 0 saturated carbocycles. The molecule has 0 bridgehead atoms. The van der Waals surface area contributed by atoms with Gasteiger partial charge in [-0.2, -0.15) is 0 Å². The quantitative estimate of drug-likeness (QED) is 0.0579. The predicted octanol–water partition coefficient (Wildman–Crippen LogP) is 11.8. The Labute approximate surface area is 320 Å². The molecule has 0 aromatic heterocycles. The summed E-state index contributed by atoms with van der Waals surface area (Å²) in [5.74, 6) is 0.406. The molecule has 2 amide bonds. The van der Waals surface area contributed by atoms with Gasteiger partial charge in [0, 0.05) is 43.6 Å². The fourth-order valence-corrected chi connectivity index (χ4v) is 6.89. The summed E-state index contributed by atoms with van der Waals surface area (Å²) in [6, 6.07) is 0. The van der Waals surface area contributed by atoms with E-state index in [1.165, 1.54) is 103 Å². The predicted molar refractivity (Wildman–Crippen MR) is 225 cm³/mol. The van der Waals surface area contributed by atoms with Crippen molar-refractivity contribution in [3.63, 3.8) is 0 Å². The Balaban J connectivity index is 4.65. The zero-order chi connectivity index (χ0) is 38.7. The number of carbonyl (C=O) groups excluding carboxylic acids is 2. The lowest BCUT2D eigenvalue weighted by Crippen LogP contribution is -2.57. The van der Waals surface area contributed by atoms with Gasteiger partial charge in [-0.05, 0) is 83.7 Å². The second-order valence-electron chi connectivity index (χ2n) is 18.9. The maximum Gasteiger partial charge on any atom is 0.220 e. The highest BCUT2D eigenvalue weighted by molar-refractivity contribution is 5.76. The van der Waals surface area contributed by atoms with E-state index in [2.05, 4.69) is 97.0 Å². The lowest BCUT2D eigenvalue weighted by Gasteiger charge is -2.50. The van der Waals surface area contributed by atoms with Crippen LogP contribution >= 0.6 is 0 Å². The monoisotopic (exact) mass is 721 g/mol. The molecular weight excluding hydrogens is 629 g/mol. The third kappa shape index (κ3) is 27.2. The number of hydrogen-bond acceptors (Lipinski definition) is 4. The van der Waals surface area contributed by atoms with E-state index in [0.29, 0.717) is 19.4 Å². The minimum atomic E-state index is -0.0467. The van der Waals surface area contributed by atoms with Gasteiger partial charge in [-0.1, -0.05) is 151 Å². The normalized spacial score (nSPS) is 12.9. The zero-order valence-electron chi connectivity index (χ0n) is 36.6. The van der Waals surface area contributed by atoms with E-state index in [-0.39, 0.29) is 33.7 Å².